The minimum absolute atomic E-state index is 0.00450. The molecule has 0 aromatic rings. The molecule has 6 nitrogen and oxygen atoms in total. The Bertz CT molecular complexity index is 221. The lowest BCUT2D eigenvalue weighted by atomic mass is 10.0. The Hall–Kier alpha value is -1.30. The second kappa shape index (κ2) is 8.96. The van der Waals surface area contributed by atoms with Gasteiger partial charge in [0.2, 0.25) is 5.91 Å². The molecule has 0 aliphatic heterocycles. The second-order valence-corrected chi connectivity index (χ2v) is 3.86. The van der Waals surface area contributed by atoms with Crippen molar-refractivity contribution in [2.75, 3.05) is 19.6 Å². The maximum absolute atomic E-state index is 11.3. The largest absolute Gasteiger partial charge is 0.354 e. The molecule has 94 valence electrons. The van der Waals surface area contributed by atoms with Crippen molar-refractivity contribution in [3.05, 3.63) is 0 Å². The highest BCUT2D eigenvalue weighted by atomic mass is 16.2. The summed E-state index contributed by atoms with van der Waals surface area (Å²) in [5, 5.41) is 5.09. The molecule has 0 saturated carbocycles. The van der Waals surface area contributed by atoms with Crippen LogP contribution in [-0.2, 0) is 4.79 Å². The fourth-order valence-corrected chi connectivity index (χ4v) is 1.28. The lowest BCUT2D eigenvalue weighted by molar-refractivity contribution is -0.121. The number of hydrogen-bond acceptors (Lipinski definition) is 3. The van der Waals surface area contributed by atoms with Gasteiger partial charge in [-0.05, 0) is 25.3 Å². The van der Waals surface area contributed by atoms with Gasteiger partial charge in [-0.2, -0.15) is 0 Å². The monoisotopic (exact) mass is 230 g/mol. The van der Waals surface area contributed by atoms with E-state index in [0.717, 1.165) is 12.8 Å². The molecule has 0 fully saturated rings. The lowest BCUT2D eigenvalue weighted by Crippen LogP contribution is -2.37. The zero-order valence-electron chi connectivity index (χ0n) is 9.79. The number of amides is 3. The van der Waals surface area contributed by atoms with Gasteiger partial charge in [0.15, 0.2) is 0 Å². The van der Waals surface area contributed by atoms with E-state index in [1.165, 1.54) is 0 Å². The summed E-state index contributed by atoms with van der Waals surface area (Å²) in [6.45, 7) is 3.51. The standard InChI is InChI=1S/C10H22N4O2/c1-8(4-5-11)2-3-9(15)13-6-7-14-10(12)16/h8H,2-7,11H2,1H3,(H,13,15)(H3,12,14,16). The summed E-state index contributed by atoms with van der Waals surface area (Å²) in [6, 6.07) is -0.578. The van der Waals surface area contributed by atoms with Crippen LogP contribution < -0.4 is 22.1 Å². The summed E-state index contributed by atoms with van der Waals surface area (Å²) in [5.74, 6) is 0.467. The van der Waals surface area contributed by atoms with Crippen LogP contribution in [0.1, 0.15) is 26.2 Å². The predicted molar refractivity (Wildman–Crippen MR) is 62.7 cm³/mol. The average molecular weight is 230 g/mol. The Kier molecular flexibility index (Phi) is 8.24. The van der Waals surface area contributed by atoms with Crippen molar-refractivity contribution in [1.29, 1.82) is 0 Å². The van der Waals surface area contributed by atoms with Crippen LogP contribution in [0.5, 0.6) is 0 Å². The lowest BCUT2D eigenvalue weighted by Gasteiger charge is -2.09. The Labute approximate surface area is 96.1 Å². The van der Waals surface area contributed by atoms with Gasteiger partial charge in [0.05, 0.1) is 0 Å². The van der Waals surface area contributed by atoms with Crippen molar-refractivity contribution in [2.45, 2.75) is 26.2 Å². The van der Waals surface area contributed by atoms with Gasteiger partial charge in [-0.1, -0.05) is 6.92 Å². The molecule has 0 heterocycles. The van der Waals surface area contributed by atoms with Crippen LogP contribution in [0.25, 0.3) is 0 Å². The summed E-state index contributed by atoms with van der Waals surface area (Å²) < 4.78 is 0. The van der Waals surface area contributed by atoms with Crippen LogP contribution in [0.3, 0.4) is 0 Å². The molecule has 0 aromatic heterocycles. The van der Waals surface area contributed by atoms with Gasteiger partial charge in [-0.3, -0.25) is 4.79 Å². The first-order chi connectivity index (χ1) is 7.56. The predicted octanol–water partition coefficient (Wildman–Crippen LogP) is -0.464. The first kappa shape index (κ1) is 14.7. The number of carbonyl (C=O) groups excluding carboxylic acids is 2. The van der Waals surface area contributed by atoms with Crippen LogP contribution in [0.4, 0.5) is 4.79 Å². The number of hydrogen-bond donors (Lipinski definition) is 4. The van der Waals surface area contributed by atoms with Crippen molar-refractivity contribution in [1.82, 2.24) is 10.6 Å². The third-order valence-electron chi connectivity index (χ3n) is 2.27. The zero-order valence-corrected chi connectivity index (χ0v) is 9.79. The Morgan fingerprint density at radius 2 is 1.81 bits per heavy atom. The summed E-state index contributed by atoms with van der Waals surface area (Å²) in [7, 11) is 0. The van der Waals surface area contributed by atoms with Gasteiger partial charge in [-0.25, -0.2) is 4.79 Å². The van der Waals surface area contributed by atoms with Gasteiger partial charge >= 0.3 is 6.03 Å². The van der Waals surface area contributed by atoms with Gasteiger partial charge in [0.25, 0.3) is 0 Å². The van der Waals surface area contributed by atoms with Gasteiger partial charge in [0, 0.05) is 19.5 Å². The number of carbonyl (C=O) groups is 2. The topological polar surface area (TPSA) is 110 Å². The second-order valence-electron chi connectivity index (χ2n) is 3.86. The molecule has 0 aliphatic carbocycles. The molecule has 16 heavy (non-hydrogen) atoms. The third kappa shape index (κ3) is 9.26. The highest BCUT2D eigenvalue weighted by Gasteiger charge is 2.05. The Balaban J connectivity index is 3.41. The van der Waals surface area contributed by atoms with E-state index in [4.69, 9.17) is 11.5 Å². The molecule has 0 saturated heterocycles. The maximum atomic E-state index is 11.3. The molecule has 6 heteroatoms. The van der Waals surface area contributed by atoms with Crippen LogP contribution >= 0.6 is 0 Å². The van der Waals surface area contributed by atoms with Crippen LogP contribution in [-0.4, -0.2) is 31.6 Å². The van der Waals surface area contributed by atoms with Crippen molar-refractivity contribution in [3.63, 3.8) is 0 Å². The number of nitrogens with two attached hydrogens (primary N) is 2. The van der Waals surface area contributed by atoms with E-state index >= 15 is 0 Å². The third-order valence-corrected chi connectivity index (χ3v) is 2.27. The van der Waals surface area contributed by atoms with E-state index in [-0.39, 0.29) is 5.91 Å². The molecule has 3 amide bonds. The molecule has 1 atom stereocenters. The SMILES string of the molecule is CC(CCN)CCC(=O)NCCNC(N)=O. The molecule has 6 N–H and O–H groups in total. The quantitative estimate of drug-likeness (QED) is 0.423. The van der Waals surface area contributed by atoms with E-state index in [0.29, 0.717) is 32.0 Å². The van der Waals surface area contributed by atoms with Crippen LogP contribution in [0.15, 0.2) is 0 Å². The van der Waals surface area contributed by atoms with Crippen molar-refractivity contribution >= 4 is 11.9 Å². The molecular formula is C10H22N4O2. The zero-order chi connectivity index (χ0) is 12.4. The molecule has 0 aromatic carbocycles. The highest BCUT2D eigenvalue weighted by molar-refractivity contribution is 5.76. The molecule has 0 bridgehead atoms. The fraction of sp³-hybridized carbons (Fsp3) is 0.800. The maximum Gasteiger partial charge on any atom is 0.312 e. The molecule has 0 spiro atoms. The number of nitrogens with one attached hydrogen (secondary N) is 2. The van der Waals surface area contributed by atoms with Crippen LogP contribution in [0.2, 0.25) is 0 Å². The smallest absolute Gasteiger partial charge is 0.312 e. The van der Waals surface area contributed by atoms with Crippen molar-refractivity contribution in [3.8, 4) is 0 Å². The van der Waals surface area contributed by atoms with E-state index < -0.39 is 6.03 Å². The minimum Gasteiger partial charge on any atom is -0.354 e. The molecule has 0 radical (unpaired) electrons. The molecule has 1 unspecified atom stereocenters. The van der Waals surface area contributed by atoms with Crippen molar-refractivity contribution < 1.29 is 9.59 Å². The normalized spacial score (nSPS) is 11.9. The van der Waals surface area contributed by atoms with E-state index in [2.05, 4.69) is 17.6 Å². The fourth-order valence-electron chi connectivity index (χ4n) is 1.28. The Morgan fingerprint density at radius 3 is 2.38 bits per heavy atom. The first-order valence-corrected chi connectivity index (χ1v) is 5.56. The van der Waals surface area contributed by atoms with Crippen molar-refractivity contribution in [2.24, 2.45) is 17.4 Å². The summed E-state index contributed by atoms with van der Waals surface area (Å²) in [4.78, 5) is 21.6. The molecular weight excluding hydrogens is 208 g/mol. The van der Waals surface area contributed by atoms with Gasteiger partial charge in [0.1, 0.15) is 0 Å². The summed E-state index contributed by atoms with van der Waals surface area (Å²) in [6.07, 6.45) is 2.28. The number of primary amides is 1. The first-order valence-electron chi connectivity index (χ1n) is 5.56. The molecule has 0 rings (SSSR count). The highest BCUT2D eigenvalue weighted by Crippen LogP contribution is 2.08. The molecule has 0 aliphatic rings. The van der Waals surface area contributed by atoms with Gasteiger partial charge < -0.3 is 22.1 Å². The van der Waals surface area contributed by atoms with Gasteiger partial charge in [-0.15, -0.1) is 0 Å². The summed E-state index contributed by atoms with van der Waals surface area (Å²) in [5.41, 5.74) is 10.3. The van der Waals surface area contributed by atoms with E-state index in [9.17, 15) is 9.59 Å². The summed E-state index contributed by atoms with van der Waals surface area (Å²) >= 11 is 0. The number of urea groups is 1. The number of rotatable bonds is 8. The minimum atomic E-state index is -0.578. The average Bonchev–Trinajstić information content (AvgIpc) is 2.22. The van der Waals surface area contributed by atoms with Crippen LogP contribution in [0, 0.1) is 5.92 Å². The van der Waals surface area contributed by atoms with E-state index in [1.807, 2.05) is 0 Å². The van der Waals surface area contributed by atoms with E-state index in [1.54, 1.807) is 0 Å². The Morgan fingerprint density at radius 1 is 1.19 bits per heavy atom.